The zero-order chi connectivity index (χ0) is 12.7. The van der Waals surface area contributed by atoms with Crippen molar-refractivity contribution in [2.24, 2.45) is 5.41 Å². The third-order valence-corrected chi connectivity index (χ3v) is 3.32. The molecular formula is C14H18O3. The molecule has 1 aromatic carbocycles. The minimum Gasteiger partial charge on any atom is -0.431 e. The Morgan fingerprint density at radius 2 is 1.76 bits per heavy atom. The molecule has 1 heterocycles. The van der Waals surface area contributed by atoms with Crippen molar-refractivity contribution in [2.75, 3.05) is 0 Å². The predicted octanol–water partition coefficient (Wildman–Crippen LogP) is 3.06. The molecular weight excluding hydrogens is 216 g/mol. The number of cyclic esters (lactones) is 1. The summed E-state index contributed by atoms with van der Waals surface area (Å²) in [6.07, 6.45) is -0.611. The SMILES string of the molecule is CC(C)(C)[C@@]1(C)OC(=O)[C@H](c2ccccc2)O1. The van der Waals surface area contributed by atoms with Crippen LogP contribution in [0.1, 0.15) is 39.4 Å². The number of carbonyl (C=O) groups excluding carboxylic acids is 1. The lowest BCUT2D eigenvalue weighted by Gasteiger charge is -2.35. The van der Waals surface area contributed by atoms with Crippen LogP contribution in [0.3, 0.4) is 0 Å². The van der Waals surface area contributed by atoms with Crippen LogP contribution in [-0.4, -0.2) is 11.8 Å². The van der Waals surface area contributed by atoms with E-state index < -0.39 is 11.9 Å². The molecule has 0 spiro atoms. The lowest BCUT2D eigenvalue weighted by atomic mass is 9.87. The van der Waals surface area contributed by atoms with Gasteiger partial charge in [-0.2, -0.15) is 0 Å². The smallest absolute Gasteiger partial charge is 0.342 e. The topological polar surface area (TPSA) is 35.5 Å². The molecule has 0 unspecified atom stereocenters. The summed E-state index contributed by atoms with van der Waals surface area (Å²) in [4.78, 5) is 11.9. The van der Waals surface area contributed by atoms with Gasteiger partial charge in [0, 0.05) is 12.3 Å². The molecule has 1 aliphatic heterocycles. The third kappa shape index (κ3) is 2.07. The first-order chi connectivity index (χ1) is 7.83. The van der Waals surface area contributed by atoms with Gasteiger partial charge in [-0.05, 0) is 5.56 Å². The zero-order valence-corrected chi connectivity index (χ0v) is 10.7. The van der Waals surface area contributed by atoms with Gasteiger partial charge in [-0.1, -0.05) is 51.1 Å². The van der Waals surface area contributed by atoms with E-state index in [1.807, 2.05) is 58.0 Å². The van der Waals surface area contributed by atoms with Crippen LogP contribution in [-0.2, 0) is 14.3 Å². The van der Waals surface area contributed by atoms with Gasteiger partial charge < -0.3 is 9.47 Å². The van der Waals surface area contributed by atoms with Gasteiger partial charge in [0.15, 0.2) is 6.10 Å². The van der Waals surface area contributed by atoms with Crippen molar-refractivity contribution in [2.45, 2.75) is 39.6 Å². The number of carbonyl (C=O) groups is 1. The van der Waals surface area contributed by atoms with Gasteiger partial charge in [0.2, 0.25) is 5.79 Å². The molecule has 0 aliphatic carbocycles. The average Bonchev–Trinajstić information content (AvgIpc) is 2.56. The minimum atomic E-state index is -0.870. The van der Waals surface area contributed by atoms with Gasteiger partial charge in [-0.15, -0.1) is 0 Å². The molecule has 0 bridgehead atoms. The van der Waals surface area contributed by atoms with Gasteiger partial charge >= 0.3 is 5.97 Å². The molecule has 1 aromatic rings. The quantitative estimate of drug-likeness (QED) is 0.700. The van der Waals surface area contributed by atoms with Crippen LogP contribution >= 0.6 is 0 Å². The molecule has 3 nitrogen and oxygen atoms in total. The standard InChI is InChI=1S/C14H18O3/c1-13(2,3)14(4)16-11(12(15)17-14)10-8-6-5-7-9-10/h5-9,11H,1-4H3/t11-,14+/m0/s1. The first-order valence-electron chi connectivity index (χ1n) is 5.79. The molecule has 0 aromatic heterocycles. The highest BCUT2D eigenvalue weighted by molar-refractivity contribution is 5.78. The van der Waals surface area contributed by atoms with E-state index in [0.29, 0.717) is 0 Å². The number of benzene rings is 1. The summed E-state index contributed by atoms with van der Waals surface area (Å²) in [5, 5.41) is 0. The second-order valence-corrected chi connectivity index (χ2v) is 5.53. The van der Waals surface area contributed by atoms with Crippen LogP contribution in [0.15, 0.2) is 30.3 Å². The Bertz CT molecular complexity index is 419. The summed E-state index contributed by atoms with van der Waals surface area (Å²) in [6.45, 7) is 7.79. The van der Waals surface area contributed by atoms with E-state index in [2.05, 4.69) is 0 Å². The summed E-state index contributed by atoms with van der Waals surface area (Å²) >= 11 is 0. The number of hydrogen-bond donors (Lipinski definition) is 0. The normalized spacial score (nSPS) is 29.2. The molecule has 0 amide bonds. The fourth-order valence-electron chi connectivity index (χ4n) is 1.70. The molecule has 2 atom stereocenters. The molecule has 0 radical (unpaired) electrons. The molecule has 0 N–H and O–H groups in total. The van der Waals surface area contributed by atoms with Gasteiger partial charge in [0.25, 0.3) is 0 Å². The van der Waals surface area contributed by atoms with Crippen LogP contribution < -0.4 is 0 Å². The number of esters is 1. The number of hydrogen-bond acceptors (Lipinski definition) is 3. The van der Waals surface area contributed by atoms with Crippen molar-refractivity contribution in [1.82, 2.24) is 0 Å². The Morgan fingerprint density at radius 1 is 1.18 bits per heavy atom. The van der Waals surface area contributed by atoms with Gasteiger partial charge in [0.1, 0.15) is 0 Å². The van der Waals surface area contributed by atoms with Crippen LogP contribution in [0.4, 0.5) is 0 Å². The van der Waals surface area contributed by atoms with E-state index in [1.165, 1.54) is 0 Å². The van der Waals surface area contributed by atoms with E-state index in [9.17, 15) is 4.79 Å². The van der Waals surface area contributed by atoms with Gasteiger partial charge in [-0.25, -0.2) is 4.79 Å². The Morgan fingerprint density at radius 3 is 2.24 bits per heavy atom. The van der Waals surface area contributed by atoms with E-state index in [-0.39, 0.29) is 11.4 Å². The second-order valence-electron chi connectivity index (χ2n) is 5.53. The molecule has 3 heteroatoms. The predicted molar refractivity (Wildman–Crippen MR) is 64.2 cm³/mol. The van der Waals surface area contributed by atoms with Crippen molar-refractivity contribution in [3.05, 3.63) is 35.9 Å². The fraction of sp³-hybridized carbons (Fsp3) is 0.500. The van der Waals surface area contributed by atoms with E-state index in [0.717, 1.165) is 5.56 Å². The van der Waals surface area contributed by atoms with E-state index >= 15 is 0 Å². The first-order valence-corrected chi connectivity index (χ1v) is 5.79. The van der Waals surface area contributed by atoms with Gasteiger partial charge in [-0.3, -0.25) is 0 Å². The lowest BCUT2D eigenvalue weighted by molar-refractivity contribution is -0.218. The summed E-state index contributed by atoms with van der Waals surface area (Å²) in [5.41, 5.74) is 0.581. The highest BCUT2D eigenvalue weighted by atomic mass is 16.8. The average molecular weight is 234 g/mol. The molecule has 1 saturated heterocycles. The summed E-state index contributed by atoms with van der Waals surface area (Å²) in [6, 6.07) is 9.44. The molecule has 1 aliphatic rings. The van der Waals surface area contributed by atoms with Crippen molar-refractivity contribution < 1.29 is 14.3 Å². The Kier molecular flexibility index (Phi) is 2.74. The lowest BCUT2D eigenvalue weighted by Crippen LogP contribution is -2.41. The zero-order valence-electron chi connectivity index (χ0n) is 10.7. The minimum absolute atomic E-state index is 0.258. The molecule has 2 rings (SSSR count). The summed E-state index contributed by atoms with van der Waals surface area (Å²) in [5.74, 6) is -1.18. The van der Waals surface area contributed by atoms with Crippen LogP contribution in [0.5, 0.6) is 0 Å². The van der Waals surface area contributed by atoms with E-state index in [4.69, 9.17) is 9.47 Å². The Labute approximate surface area is 102 Å². The Balaban J connectivity index is 2.28. The van der Waals surface area contributed by atoms with Crippen molar-refractivity contribution in [1.29, 1.82) is 0 Å². The van der Waals surface area contributed by atoms with Crippen LogP contribution in [0, 0.1) is 5.41 Å². The monoisotopic (exact) mass is 234 g/mol. The van der Waals surface area contributed by atoms with Crippen LogP contribution in [0.25, 0.3) is 0 Å². The highest BCUT2D eigenvalue weighted by Gasteiger charge is 2.52. The van der Waals surface area contributed by atoms with Gasteiger partial charge in [0.05, 0.1) is 0 Å². The molecule has 0 saturated carbocycles. The third-order valence-electron chi connectivity index (χ3n) is 3.32. The summed E-state index contributed by atoms with van der Waals surface area (Å²) < 4.78 is 11.3. The molecule has 17 heavy (non-hydrogen) atoms. The van der Waals surface area contributed by atoms with Crippen LogP contribution in [0.2, 0.25) is 0 Å². The maximum atomic E-state index is 11.9. The van der Waals surface area contributed by atoms with Crippen molar-refractivity contribution >= 4 is 5.97 Å². The fourth-order valence-corrected chi connectivity index (χ4v) is 1.70. The van der Waals surface area contributed by atoms with Crippen molar-refractivity contribution in [3.8, 4) is 0 Å². The molecule has 1 fully saturated rings. The van der Waals surface area contributed by atoms with E-state index in [1.54, 1.807) is 0 Å². The Hall–Kier alpha value is -1.35. The second kappa shape index (κ2) is 3.84. The highest BCUT2D eigenvalue weighted by Crippen LogP contribution is 2.44. The maximum absolute atomic E-state index is 11.9. The first kappa shape index (κ1) is 12.1. The molecule has 92 valence electrons. The number of rotatable bonds is 1. The van der Waals surface area contributed by atoms with Crippen molar-refractivity contribution in [3.63, 3.8) is 0 Å². The largest absolute Gasteiger partial charge is 0.431 e. The number of ether oxygens (including phenoxy) is 2. The summed E-state index contributed by atoms with van der Waals surface area (Å²) in [7, 11) is 0. The maximum Gasteiger partial charge on any atom is 0.342 e.